The van der Waals surface area contributed by atoms with Crippen LogP contribution in [-0.4, -0.2) is 22.6 Å². The van der Waals surface area contributed by atoms with Crippen LogP contribution in [0.15, 0.2) is 28.8 Å². The standard InChI is InChI=1S/C16H18ClN3O2/c1-16(2,3)15-18-14(22-19-15)10-7-13(21)20(9-10)12-6-4-5-11(17)8-12/h4-6,8,10H,7,9H2,1-3H3. The summed E-state index contributed by atoms with van der Waals surface area (Å²) in [5, 5.41) is 4.64. The zero-order valence-corrected chi connectivity index (χ0v) is 13.6. The third-order valence-electron chi connectivity index (χ3n) is 3.71. The van der Waals surface area contributed by atoms with Crippen molar-refractivity contribution in [2.45, 2.75) is 38.5 Å². The number of benzene rings is 1. The second-order valence-electron chi connectivity index (χ2n) is 6.59. The van der Waals surface area contributed by atoms with E-state index < -0.39 is 0 Å². The molecule has 5 nitrogen and oxygen atoms in total. The van der Waals surface area contributed by atoms with Gasteiger partial charge in [0.2, 0.25) is 11.8 Å². The first-order valence-corrected chi connectivity index (χ1v) is 7.62. The fourth-order valence-electron chi connectivity index (χ4n) is 2.47. The zero-order chi connectivity index (χ0) is 15.9. The van der Waals surface area contributed by atoms with E-state index in [1.165, 1.54) is 0 Å². The highest BCUT2D eigenvalue weighted by Gasteiger charge is 2.36. The smallest absolute Gasteiger partial charge is 0.232 e. The molecule has 1 saturated heterocycles. The lowest BCUT2D eigenvalue weighted by Crippen LogP contribution is -2.24. The van der Waals surface area contributed by atoms with Gasteiger partial charge in [-0.05, 0) is 18.2 Å². The summed E-state index contributed by atoms with van der Waals surface area (Å²) in [5.74, 6) is 1.16. The van der Waals surface area contributed by atoms with E-state index in [4.69, 9.17) is 16.1 Å². The average molecular weight is 320 g/mol. The Morgan fingerprint density at radius 2 is 2.14 bits per heavy atom. The second kappa shape index (κ2) is 5.39. The van der Waals surface area contributed by atoms with Crippen molar-refractivity contribution in [1.29, 1.82) is 0 Å². The summed E-state index contributed by atoms with van der Waals surface area (Å²) in [4.78, 5) is 18.4. The van der Waals surface area contributed by atoms with E-state index >= 15 is 0 Å². The van der Waals surface area contributed by atoms with Crippen molar-refractivity contribution in [2.75, 3.05) is 11.4 Å². The Labute approximate surface area is 134 Å². The first-order valence-electron chi connectivity index (χ1n) is 7.24. The minimum atomic E-state index is -0.170. The Bertz CT molecular complexity index is 705. The van der Waals surface area contributed by atoms with E-state index in [9.17, 15) is 4.79 Å². The summed E-state index contributed by atoms with van der Waals surface area (Å²) in [6.45, 7) is 6.62. The number of amides is 1. The number of aromatic nitrogens is 2. The van der Waals surface area contributed by atoms with E-state index in [0.717, 1.165) is 5.69 Å². The van der Waals surface area contributed by atoms with E-state index in [1.54, 1.807) is 17.0 Å². The summed E-state index contributed by atoms with van der Waals surface area (Å²) in [7, 11) is 0. The molecule has 116 valence electrons. The van der Waals surface area contributed by atoms with Crippen molar-refractivity contribution >= 4 is 23.2 Å². The van der Waals surface area contributed by atoms with Crippen LogP contribution in [0.4, 0.5) is 5.69 Å². The molecule has 0 saturated carbocycles. The van der Waals surface area contributed by atoms with E-state index in [-0.39, 0.29) is 17.2 Å². The molecule has 1 atom stereocenters. The molecule has 2 heterocycles. The minimum Gasteiger partial charge on any atom is -0.339 e. The Kier molecular flexibility index (Phi) is 3.68. The van der Waals surface area contributed by atoms with Gasteiger partial charge in [-0.2, -0.15) is 4.98 Å². The number of carbonyl (C=O) groups is 1. The normalized spacial score (nSPS) is 19.0. The van der Waals surface area contributed by atoms with Crippen LogP contribution in [-0.2, 0) is 10.2 Å². The molecule has 22 heavy (non-hydrogen) atoms. The molecule has 2 aromatic rings. The Morgan fingerprint density at radius 1 is 1.36 bits per heavy atom. The van der Waals surface area contributed by atoms with Crippen LogP contribution in [0, 0.1) is 0 Å². The molecular weight excluding hydrogens is 302 g/mol. The van der Waals surface area contributed by atoms with Gasteiger partial charge in [0.25, 0.3) is 0 Å². The molecule has 1 aliphatic heterocycles. The SMILES string of the molecule is CC(C)(C)c1noc(C2CC(=O)N(c3cccc(Cl)c3)C2)n1. The fourth-order valence-corrected chi connectivity index (χ4v) is 2.66. The van der Waals surface area contributed by atoms with Gasteiger partial charge < -0.3 is 9.42 Å². The van der Waals surface area contributed by atoms with Gasteiger partial charge in [0.1, 0.15) is 0 Å². The molecular formula is C16H18ClN3O2. The number of anilines is 1. The van der Waals surface area contributed by atoms with Gasteiger partial charge in [0.15, 0.2) is 5.82 Å². The highest BCUT2D eigenvalue weighted by atomic mass is 35.5. The van der Waals surface area contributed by atoms with Crippen molar-refractivity contribution in [2.24, 2.45) is 0 Å². The highest BCUT2D eigenvalue weighted by molar-refractivity contribution is 6.30. The third-order valence-corrected chi connectivity index (χ3v) is 3.94. The number of nitrogens with zero attached hydrogens (tertiary/aromatic N) is 3. The van der Waals surface area contributed by atoms with Gasteiger partial charge in [0.05, 0.1) is 5.92 Å². The second-order valence-corrected chi connectivity index (χ2v) is 7.03. The summed E-state index contributed by atoms with van der Waals surface area (Å²) in [5.41, 5.74) is 0.632. The number of rotatable bonds is 2. The predicted octanol–water partition coefficient (Wildman–Crippen LogP) is 3.54. The van der Waals surface area contributed by atoms with Crippen molar-refractivity contribution < 1.29 is 9.32 Å². The molecule has 0 spiro atoms. The number of carbonyl (C=O) groups excluding carboxylic acids is 1. The molecule has 1 unspecified atom stereocenters. The summed E-state index contributed by atoms with van der Waals surface area (Å²) in [6, 6.07) is 7.29. The highest BCUT2D eigenvalue weighted by Crippen LogP contribution is 2.32. The largest absolute Gasteiger partial charge is 0.339 e. The molecule has 0 N–H and O–H groups in total. The minimum absolute atomic E-state index is 0.0442. The maximum Gasteiger partial charge on any atom is 0.232 e. The quantitative estimate of drug-likeness (QED) is 0.849. The first kappa shape index (κ1) is 15.0. The van der Waals surface area contributed by atoms with Gasteiger partial charge in [-0.1, -0.05) is 43.6 Å². The van der Waals surface area contributed by atoms with Crippen LogP contribution in [0.1, 0.15) is 44.8 Å². The van der Waals surface area contributed by atoms with Crippen LogP contribution >= 0.6 is 11.6 Å². The van der Waals surface area contributed by atoms with E-state index in [2.05, 4.69) is 10.1 Å². The number of halogens is 1. The maximum absolute atomic E-state index is 12.3. The molecule has 0 aliphatic carbocycles. The van der Waals surface area contributed by atoms with Gasteiger partial charge in [-0.3, -0.25) is 4.79 Å². The van der Waals surface area contributed by atoms with Gasteiger partial charge >= 0.3 is 0 Å². The summed E-state index contributed by atoms with van der Waals surface area (Å²) >= 11 is 6.00. The monoisotopic (exact) mass is 319 g/mol. The van der Waals surface area contributed by atoms with Gasteiger partial charge in [-0.15, -0.1) is 0 Å². The average Bonchev–Trinajstić information content (AvgIpc) is 3.04. The van der Waals surface area contributed by atoms with Crippen LogP contribution < -0.4 is 4.90 Å². The Hall–Kier alpha value is -1.88. The molecule has 3 rings (SSSR count). The Balaban J connectivity index is 1.81. The van der Waals surface area contributed by atoms with E-state index in [1.807, 2.05) is 32.9 Å². The Morgan fingerprint density at radius 3 is 2.77 bits per heavy atom. The first-order chi connectivity index (χ1) is 10.3. The maximum atomic E-state index is 12.3. The van der Waals surface area contributed by atoms with Crippen LogP contribution in [0.2, 0.25) is 5.02 Å². The lowest BCUT2D eigenvalue weighted by atomic mass is 9.96. The van der Waals surface area contributed by atoms with Crippen LogP contribution in [0.5, 0.6) is 0 Å². The molecule has 1 fully saturated rings. The van der Waals surface area contributed by atoms with Crippen molar-refractivity contribution in [3.63, 3.8) is 0 Å². The number of hydrogen-bond donors (Lipinski definition) is 0. The number of hydrogen-bond acceptors (Lipinski definition) is 4. The fraction of sp³-hybridized carbons (Fsp3) is 0.438. The van der Waals surface area contributed by atoms with Gasteiger partial charge in [0, 0.05) is 29.1 Å². The predicted molar refractivity (Wildman–Crippen MR) is 84.2 cm³/mol. The molecule has 0 radical (unpaired) electrons. The van der Waals surface area contributed by atoms with Crippen LogP contribution in [0.3, 0.4) is 0 Å². The summed E-state index contributed by atoms with van der Waals surface area (Å²) < 4.78 is 5.37. The third kappa shape index (κ3) is 2.86. The topological polar surface area (TPSA) is 59.2 Å². The molecule has 1 amide bonds. The molecule has 1 aromatic carbocycles. The van der Waals surface area contributed by atoms with Crippen molar-refractivity contribution in [3.05, 3.63) is 41.0 Å². The molecule has 1 aromatic heterocycles. The molecule has 0 bridgehead atoms. The van der Waals surface area contributed by atoms with E-state index in [0.29, 0.717) is 29.7 Å². The molecule has 1 aliphatic rings. The summed E-state index contributed by atoms with van der Waals surface area (Å²) in [6.07, 6.45) is 0.373. The van der Waals surface area contributed by atoms with Crippen molar-refractivity contribution in [3.8, 4) is 0 Å². The van der Waals surface area contributed by atoms with Gasteiger partial charge in [-0.25, -0.2) is 0 Å². The van der Waals surface area contributed by atoms with Crippen molar-refractivity contribution in [1.82, 2.24) is 10.1 Å². The van der Waals surface area contributed by atoms with Crippen LogP contribution in [0.25, 0.3) is 0 Å². The zero-order valence-electron chi connectivity index (χ0n) is 12.8. The molecule has 6 heteroatoms. The lowest BCUT2D eigenvalue weighted by molar-refractivity contribution is -0.117. The lowest BCUT2D eigenvalue weighted by Gasteiger charge is -2.16.